The standard InChI is InChI=1S/C9H7BrCl2O/c1-5(11)9(13)6-2-3-7(10)8(12)4-6/h2-5H,1H3. The van der Waals surface area contributed by atoms with Gasteiger partial charge in [0.15, 0.2) is 5.78 Å². The molecule has 1 aromatic carbocycles. The lowest BCUT2D eigenvalue weighted by molar-refractivity contribution is 0.0992. The van der Waals surface area contributed by atoms with Crippen LogP contribution in [0.1, 0.15) is 17.3 Å². The monoisotopic (exact) mass is 280 g/mol. The molecule has 0 saturated carbocycles. The van der Waals surface area contributed by atoms with E-state index in [1.165, 1.54) is 0 Å². The molecular formula is C9H7BrCl2O. The Morgan fingerprint density at radius 3 is 2.62 bits per heavy atom. The lowest BCUT2D eigenvalue weighted by Crippen LogP contribution is -2.10. The van der Waals surface area contributed by atoms with Crippen LogP contribution in [0.3, 0.4) is 0 Å². The fourth-order valence-electron chi connectivity index (χ4n) is 0.879. The highest BCUT2D eigenvalue weighted by Gasteiger charge is 2.12. The summed E-state index contributed by atoms with van der Waals surface area (Å²) in [4.78, 5) is 11.4. The molecule has 0 aromatic heterocycles. The molecule has 1 aromatic rings. The van der Waals surface area contributed by atoms with Gasteiger partial charge in [0.1, 0.15) is 0 Å². The van der Waals surface area contributed by atoms with Crippen molar-refractivity contribution in [2.75, 3.05) is 0 Å². The smallest absolute Gasteiger partial charge is 0.180 e. The summed E-state index contributed by atoms with van der Waals surface area (Å²) < 4.78 is 0.771. The number of alkyl halides is 1. The van der Waals surface area contributed by atoms with Crippen LogP contribution in [-0.2, 0) is 0 Å². The van der Waals surface area contributed by atoms with Gasteiger partial charge in [-0.15, -0.1) is 11.6 Å². The van der Waals surface area contributed by atoms with Gasteiger partial charge in [0.25, 0.3) is 0 Å². The maximum absolute atomic E-state index is 11.4. The van der Waals surface area contributed by atoms with E-state index in [0.29, 0.717) is 10.6 Å². The van der Waals surface area contributed by atoms with Gasteiger partial charge in [-0.1, -0.05) is 17.7 Å². The van der Waals surface area contributed by atoms with E-state index in [1.807, 2.05) is 0 Å². The second-order valence-corrected chi connectivity index (χ2v) is 4.53. The summed E-state index contributed by atoms with van der Waals surface area (Å²) in [6.45, 7) is 1.64. The molecule has 1 rings (SSSR count). The molecule has 0 heterocycles. The van der Waals surface area contributed by atoms with Gasteiger partial charge in [0.2, 0.25) is 0 Å². The van der Waals surface area contributed by atoms with E-state index in [0.717, 1.165) is 4.47 Å². The van der Waals surface area contributed by atoms with Gasteiger partial charge in [-0.3, -0.25) is 4.79 Å². The van der Waals surface area contributed by atoms with Crippen molar-refractivity contribution in [2.45, 2.75) is 12.3 Å². The van der Waals surface area contributed by atoms with Gasteiger partial charge in [-0.2, -0.15) is 0 Å². The second-order valence-electron chi connectivity index (χ2n) is 2.61. The third-order valence-electron chi connectivity index (χ3n) is 1.57. The molecule has 0 radical (unpaired) electrons. The number of carbonyl (C=O) groups is 1. The van der Waals surface area contributed by atoms with Gasteiger partial charge >= 0.3 is 0 Å². The summed E-state index contributed by atoms with van der Waals surface area (Å²) in [6.07, 6.45) is 0. The topological polar surface area (TPSA) is 17.1 Å². The Morgan fingerprint density at radius 2 is 2.15 bits per heavy atom. The first kappa shape index (κ1) is 11.0. The van der Waals surface area contributed by atoms with Gasteiger partial charge < -0.3 is 0 Å². The van der Waals surface area contributed by atoms with Crippen LogP contribution < -0.4 is 0 Å². The molecule has 1 unspecified atom stereocenters. The van der Waals surface area contributed by atoms with Crippen LogP contribution in [0, 0.1) is 0 Å². The maximum atomic E-state index is 11.4. The molecule has 13 heavy (non-hydrogen) atoms. The van der Waals surface area contributed by atoms with Gasteiger partial charge in [0.05, 0.1) is 10.4 Å². The summed E-state index contributed by atoms with van der Waals surface area (Å²) in [6, 6.07) is 5.03. The Balaban J connectivity index is 3.04. The van der Waals surface area contributed by atoms with Crippen LogP contribution in [0.4, 0.5) is 0 Å². The highest BCUT2D eigenvalue weighted by atomic mass is 79.9. The maximum Gasteiger partial charge on any atom is 0.180 e. The molecule has 1 nitrogen and oxygen atoms in total. The first-order chi connectivity index (χ1) is 6.02. The summed E-state index contributed by atoms with van der Waals surface area (Å²) in [5.74, 6) is -0.115. The molecule has 0 spiro atoms. The molecule has 70 valence electrons. The predicted molar refractivity (Wildman–Crippen MR) is 58.8 cm³/mol. The fourth-order valence-corrected chi connectivity index (χ4v) is 1.43. The molecule has 0 aliphatic heterocycles. The van der Waals surface area contributed by atoms with E-state index in [9.17, 15) is 4.79 Å². The van der Waals surface area contributed by atoms with E-state index < -0.39 is 5.38 Å². The highest BCUT2D eigenvalue weighted by molar-refractivity contribution is 9.10. The van der Waals surface area contributed by atoms with Crippen LogP contribution in [-0.4, -0.2) is 11.2 Å². The number of hydrogen-bond acceptors (Lipinski definition) is 1. The zero-order chi connectivity index (χ0) is 10.0. The van der Waals surface area contributed by atoms with Crippen molar-refractivity contribution in [3.8, 4) is 0 Å². The number of Topliss-reactive ketones (excluding diaryl/α,β-unsaturated/α-hetero) is 1. The molecule has 0 aliphatic carbocycles. The highest BCUT2D eigenvalue weighted by Crippen LogP contribution is 2.24. The van der Waals surface area contributed by atoms with Crippen molar-refractivity contribution >= 4 is 44.9 Å². The number of benzene rings is 1. The molecule has 0 saturated heterocycles. The Bertz CT molecular complexity index is 336. The van der Waals surface area contributed by atoms with E-state index in [2.05, 4.69) is 15.9 Å². The van der Waals surface area contributed by atoms with Crippen molar-refractivity contribution in [1.29, 1.82) is 0 Å². The van der Waals surface area contributed by atoms with Crippen LogP contribution in [0.2, 0.25) is 5.02 Å². The third kappa shape index (κ3) is 2.70. The lowest BCUT2D eigenvalue weighted by atomic mass is 10.1. The summed E-state index contributed by atoms with van der Waals surface area (Å²) >= 11 is 14.7. The first-order valence-corrected chi connectivity index (χ1v) is 5.26. The van der Waals surface area contributed by atoms with E-state index in [1.54, 1.807) is 25.1 Å². The molecule has 0 amide bonds. The second kappa shape index (κ2) is 4.45. The molecular weight excluding hydrogens is 275 g/mol. The number of rotatable bonds is 2. The molecule has 4 heteroatoms. The Hall–Kier alpha value is -0.0500. The normalized spacial score (nSPS) is 12.6. The quantitative estimate of drug-likeness (QED) is 0.593. The van der Waals surface area contributed by atoms with Crippen LogP contribution in [0.5, 0.6) is 0 Å². The van der Waals surface area contributed by atoms with Crippen molar-refractivity contribution in [3.05, 3.63) is 33.3 Å². The largest absolute Gasteiger partial charge is 0.293 e. The summed E-state index contributed by atoms with van der Waals surface area (Å²) in [7, 11) is 0. The van der Waals surface area contributed by atoms with Crippen molar-refractivity contribution < 1.29 is 4.79 Å². The number of hydrogen-bond donors (Lipinski definition) is 0. The van der Waals surface area contributed by atoms with Gasteiger partial charge in [-0.25, -0.2) is 0 Å². The molecule has 0 bridgehead atoms. The van der Waals surface area contributed by atoms with Crippen molar-refractivity contribution in [2.24, 2.45) is 0 Å². The van der Waals surface area contributed by atoms with Gasteiger partial charge in [0, 0.05) is 10.0 Å². The first-order valence-electron chi connectivity index (χ1n) is 3.65. The van der Waals surface area contributed by atoms with Gasteiger partial charge in [-0.05, 0) is 35.0 Å². The predicted octanol–water partition coefficient (Wildman–Crippen LogP) is 3.91. The molecule has 0 aliphatic rings. The van der Waals surface area contributed by atoms with Crippen LogP contribution in [0.25, 0.3) is 0 Å². The molecule has 1 atom stereocenters. The lowest BCUT2D eigenvalue weighted by Gasteiger charge is -2.03. The van der Waals surface area contributed by atoms with Crippen molar-refractivity contribution in [1.82, 2.24) is 0 Å². The summed E-state index contributed by atoms with van der Waals surface area (Å²) in [5, 5.41) is 0.000379. The van der Waals surface area contributed by atoms with Crippen LogP contribution >= 0.6 is 39.1 Å². The van der Waals surface area contributed by atoms with Crippen LogP contribution in [0.15, 0.2) is 22.7 Å². The number of halogens is 3. The summed E-state index contributed by atoms with van der Waals surface area (Å²) in [5.41, 5.74) is 0.538. The van der Waals surface area contributed by atoms with E-state index >= 15 is 0 Å². The zero-order valence-corrected chi connectivity index (χ0v) is 9.95. The minimum Gasteiger partial charge on any atom is -0.293 e. The fraction of sp³-hybridized carbons (Fsp3) is 0.222. The molecule has 0 fully saturated rings. The minimum atomic E-state index is -0.516. The van der Waals surface area contributed by atoms with E-state index in [4.69, 9.17) is 23.2 Å². The minimum absolute atomic E-state index is 0.115. The average molecular weight is 282 g/mol. The average Bonchev–Trinajstić information content (AvgIpc) is 2.08. The number of ketones is 1. The van der Waals surface area contributed by atoms with Crippen molar-refractivity contribution in [3.63, 3.8) is 0 Å². The van der Waals surface area contributed by atoms with E-state index in [-0.39, 0.29) is 5.78 Å². The molecule has 0 N–H and O–H groups in total. The Kier molecular flexibility index (Phi) is 3.77. The zero-order valence-electron chi connectivity index (χ0n) is 6.85. The third-order valence-corrected chi connectivity index (χ3v) is 3.00. The number of carbonyl (C=O) groups excluding carboxylic acids is 1. The Morgan fingerprint density at radius 1 is 1.54 bits per heavy atom. The Labute approximate surface area is 95.2 Å². The SMILES string of the molecule is CC(Cl)C(=O)c1ccc(Br)c(Cl)c1.